The van der Waals surface area contributed by atoms with Crippen LogP contribution in [0.15, 0.2) is 54.6 Å². The maximum Gasteiger partial charge on any atom is 0.0349 e. The number of rotatable bonds is 6. The molecule has 3 rings (SSSR count). The zero-order valence-electron chi connectivity index (χ0n) is 14.2. The third kappa shape index (κ3) is 4.21. The summed E-state index contributed by atoms with van der Waals surface area (Å²) in [7, 11) is 0. The lowest BCUT2D eigenvalue weighted by molar-refractivity contribution is 0.163. The topological polar surface area (TPSA) is 15.3 Å². The van der Waals surface area contributed by atoms with Gasteiger partial charge in [0.15, 0.2) is 0 Å². The van der Waals surface area contributed by atoms with Crippen molar-refractivity contribution in [3.05, 3.63) is 60.2 Å². The molecule has 1 aliphatic heterocycles. The summed E-state index contributed by atoms with van der Waals surface area (Å²) >= 11 is 0. The highest BCUT2D eigenvalue weighted by molar-refractivity contribution is 5.64. The van der Waals surface area contributed by atoms with Crippen LogP contribution in [0, 0.1) is 0 Å². The molecule has 0 bridgehead atoms. The van der Waals surface area contributed by atoms with Crippen molar-refractivity contribution in [2.75, 3.05) is 26.2 Å². The molecule has 0 aliphatic carbocycles. The number of unbranched alkanes of at least 4 members (excludes halogenated alkanes) is 1. The Bertz CT molecular complexity index is 588. The van der Waals surface area contributed by atoms with Crippen LogP contribution in [-0.2, 0) is 0 Å². The molecule has 1 N–H and O–H groups in total. The van der Waals surface area contributed by atoms with E-state index in [1.54, 1.807) is 0 Å². The summed E-state index contributed by atoms with van der Waals surface area (Å²) in [6, 6.07) is 20.4. The maximum atomic E-state index is 3.47. The number of hydrogen-bond acceptors (Lipinski definition) is 2. The van der Waals surface area contributed by atoms with Crippen molar-refractivity contribution in [2.45, 2.75) is 32.2 Å². The van der Waals surface area contributed by atoms with E-state index in [4.69, 9.17) is 0 Å². The second-order valence-electron chi connectivity index (χ2n) is 6.44. The van der Waals surface area contributed by atoms with E-state index in [0.717, 1.165) is 26.2 Å². The van der Waals surface area contributed by atoms with Gasteiger partial charge >= 0.3 is 0 Å². The predicted molar refractivity (Wildman–Crippen MR) is 98.6 cm³/mol. The summed E-state index contributed by atoms with van der Waals surface area (Å²) in [5.41, 5.74) is 4.12. The van der Waals surface area contributed by atoms with Crippen LogP contribution in [0.1, 0.15) is 37.8 Å². The molecule has 23 heavy (non-hydrogen) atoms. The zero-order valence-corrected chi connectivity index (χ0v) is 14.2. The third-order valence-electron chi connectivity index (χ3n) is 4.80. The Morgan fingerprint density at radius 1 is 0.957 bits per heavy atom. The molecule has 2 aromatic rings. The molecule has 1 aliphatic rings. The molecule has 0 aromatic heterocycles. The van der Waals surface area contributed by atoms with Crippen molar-refractivity contribution in [1.82, 2.24) is 10.2 Å². The van der Waals surface area contributed by atoms with Crippen molar-refractivity contribution < 1.29 is 0 Å². The molecule has 1 heterocycles. The largest absolute Gasteiger partial charge is 0.314 e. The molecule has 1 saturated heterocycles. The Morgan fingerprint density at radius 2 is 1.70 bits per heavy atom. The molecule has 2 heteroatoms. The van der Waals surface area contributed by atoms with E-state index >= 15 is 0 Å². The van der Waals surface area contributed by atoms with Crippen LogP contribution >= 0.6 is 0 Å². The van der Waals surface area contributed by atoms with E-state index in [0.29, 0.717) is 6.04 Å². The molecule has 0 unspecified atom stereocenters. The first kappa shape index (κ1) is 16.2. The van der Waals surface area contributed by atoms with Gasteiger partial charge in [-0.25, -0.2) is 0 Å². The van der Waals surface area contributed by atoms with Gasteiger partial charge in [0, 0.05) is 32.2 Å². The van der Waals surface area contributed by atoms with Gasteiger partial charge < -0.3 is 5.32 Å². The normalized spacial score (nSPS) is 17.1. The molecule has 2 aromatic carbocycles. The van der Waals surface area contributed by atoms with Crippen molar-refractivity contribution >= 4 is 0 Å². The van der Waals surface area contributed by atoms with Crippen LogP contribution in [0.4, 0.5) is 0 Å². The molecular formula is C21H28N2. The first-order chi connectivity index (χ1) is 11.4. The Hall–Kier alpha value is -1.64. The molecule has 0 spiro atoms. The Labute approximate surface area is 140 Å². The summed E-state index contributed by atoms with van der Waals surface area (Å²) in [5, 5.41) is 3.47. The second kappa shape index (κ2) is 8.28. The Balaban J connectivity index is 1.86. The van der Waals surface area contributed by atoms with E-state index in [-0.39, 0.29) is 0 Å². The molecule has 2 nitrogen and oxygen atoms in total. The highest BCUT2D eigenvalue weighted by Gasteiger charge is 2.21. The van der Waals surface area contributed by atoms with Gasteiger partial charge in [0.25, 0.3) is 0 Å². The van der Waals surface area contributed by atoms with Crippen LogP contribution in [0.3, 0.4) is 0 Å². The standard InChI is InChI=1S/C21H28N2/c1-2-3-12-21(23-15-13-22-14-16-23)20-11-7-10-19(17-20)18-8-5-4-6-9-18/h4-11,17,21-22H,2-3,12-16H2,1H3/t21-/m1/s1. The summed E-state index contributed by atoms with van der Waals surface area (Å²) in [6.45, 7) is 6.82. The lowest BCUT2D eigenvalue weighted by Gasteiger charge is -2.35. The number of nitrogens with zero attached hydrogens (tertiary/aromatic N) is 1. The minimum Gasteiger partial charge on any atom is -0.314 e. The van der Waals surface area contributed by atoms with Gasteiger partial charge in [-0.3, -0.25) is 4.90 Å². The van der Waals surface area contributed by atoms with Gasteiger partial charge in [-0.2, -0.15) is 0 Å². The quantitative estimate of drug-likeness (QED) is 0.846. The Kier molecular flexibility index (Phi) is 5.84. The Morgan fingerprint density at radius 3 is 2.43 bits per heavy atom. The van der Waals surface area contributed by atoms with E-state index in [1.165, 1.54) is 36.0 Å². The van der Waals surface area contributed by atoms with Crippen LogP contribution in [-0.4, -0.2) is 31.1 Å². The predicted octanol–water partition coefficient (Wildman–Crippen LogP) is 4.49. The first-order valence-electron chi connectivity index (χ1n) is 8.98. The SMILES string of the molecule is CCCC[C@H](c1cccc(-c2ccccc2)c1)N1CCNCC1. The summed E-state index contributed by atoms with van der Waals surface area (Å²) in [5.74, 6) is 0. The fraction of sp³-hybridized carbons (Fsp3) is 0.429. The van der Waals surface area contributed by atoms with Crippen molar-refractivity contribution in [2.24, 2.45) is 0 Å². The average Bonchev–Trinajstić information content (AvgIpc) is 2.64. The minimum absolute atomic E-state index is 0.556. The van der Waals surface area contributed by atoms with E-state index < -0.39 is 0 Å². The van der Waals surface area contributed by atoms with Crippen molar-refractivity contribution in [1.29, 1.82) is 0 Å². The van der Waals surface area contributed by atoms with Crippen molar-refractivity contribution in [3.63, 3.8) is 0 Å². The number of nitrogens with one attached hydrogen (secondary N) is 1. The summed E-state index contributed by atoms with van der Waals surface area (Å²) < 4.78 is 0. The first-order valence-corrected chi connectivity index (χ1v) is 8.98. The number of piperazine rings is 1. The molecular weight excluding hydrogens is 280 g/mol. The van der Waals surface area contributed by atoms with Gasteiger partial charge in [0.2, 0.25) is 0 Å². The second-order valence-corrected chi connectivity index (χ2v) is 6.44. The van der Waals surface area contributed by atoms with Crippen molar-refractivity contribution in [3.8, 4) is 11.1 Å². The van der Waals surface area contributed by atoms with Crippen LogP contribution in [0.2, 0.25) is 0 Å². The molecule has 122 valence electrons. The van der Waals surface area contributed by atoms with E-state index in [1.807, 2.05) is 0 Å². The van der Waals surface area contributed by atoms with Gasteiger partial charge in [0.05, 0.1) is 0 Å². The van der Waals surface area contributed by atoms with Gasteiger partial charge in [-0.05, 0) is 29.2 Å². The van der Waals surface area contributed by atoms with Crippen LogP contribution in [0.25, 0.3) is 11.1 Å². The third-order valence-corrected chi connectivity index (χ3v) is 4.80. The highest BCUT2D eigenvalue weighted by Crippen LogP contribution is 2.30. The van der Waals surface area contributed by atoms with Crippen LogP contribution < -0.4 is 5.32 Å². The minimum atomic E-state index is 0.556. The van der Waals surface area contributed by atoms with Gasteiger partial charge in [-0.1, -0.05) is 68.3 Å². The summed E-state index contributed by atoms with van der Waals surface area (Å²) in [4.78, 5) is 2.66. The molecule has 0 amide bonds. The highest BCUT2D eigenvalue weighted by atomic mass is 15.2. The lowest BCUT2D eigenvalue weighted by atomic mass is 9.95. The monoisotopic (exact) mass is 308 g/mol. The van der Waals surface area contributed by atoms with E-state index in [9.17, 15) is 0 Å². The number of benzene rings is 2. The molecule has 1 fully saturated rings. The van der Waals surface area contributed by atoms with Gasteiger partial charge in [0.1, 0.15) is 0 Å². The van der Waals surface area contributed by atoms with E-state index in [2.05, 4.69) is 71.7 Å². The van der Waals surface area contributed by atoms with Crippen LogP contribution in [0.5, 0.6) is 0 Å². The molecule has 0 saturated carbocycles. The average molecular weight is 308 g/mol. The zero-order chi connectivity index (χ0) is 15.9. The summed E-state index contributed by atoms with van der Waals surface area (Å²) in [6.07, 6.45) is 3.82. The molecule has 0 radical (unpaired) electrons. The fourth-order valence-electron chi connectivity index (χ4n) is 3.51. The molecule has 1 atom stereocenters. The smallest absolute Gasteiger partial charge is 0.0349 e. The number of hydrogen-bond donors (Lipinski definition) is 1. The van der Waals surface area contributed by atoms with Gasteiger partial charge in [-0.15, -0.1) is 0 Å². The fourth-order valence-corrected chi connectivity index (χ4v) is 3.51. The maximum absolute atomic E-state index is 3.47. The lowest BCUT2D eigenvalue weighted by Crippen LogP contribution is -2.45.